The molecule has 4 heterocycles. The van der Waals surface area contributed by atoms with E-state index in [0.717, 1.165) is 32.7 Å². The Balaban J connectivity index is 1.23. The predicted octanol–water partition coefficient (Wildman–Crippen LogP) is 3.37. The second kappa shape index (κ2) is 6.62. The van der Waals surface area contributed by atoms with Gasteiger partial charge in [-0.1, -0.05) is 12.1 Å². The molecular weight excluding hydrogens is 345 g/mol. The van der Waals surface area contributed by atoms with Gasteiger partial charge in [-0.25, -0.2) is 9.37 Å². The molecule has 0 saturated carbocycles. The highest BCUT2D eigenvalue weighted by Crippen LogP contribution is 2.41. The first-order chi connectivity index (χ1) is 13.2. The summed E-state index contributed by atoms with van der Waals surface area (Å²) in [5.41, 5.74) is 2.32. The number of aromatic nitrogens is 2. The molecule has 1 atom stereocenters. The Bertz CT molecular complexity index is 951. The summed E-state index contributed by atoms with van der Waals surface area (Å²) in [7, 11) is 0. The average molecular weight is 367 g/mol. The van der Waals surface area contributed by atoms with Crippen LogP contribution in [0.3, 0.4) is 0 Å². The first kappa shape index (κ1) is 16.7. The smallest absolute Gasteiger partial charge is 0.250 e. The Morgan fingerprint density at radius 1 is 1.26 bits per heavy atom. The van der Waals surface area contributed by atoms with E-state index in [2.05, 4.69) is 39.1 Å². The van der Waals surface area contributed by atoms with Crippen LogP contribution in [0.4, 0.5) is 4.39 Å². The third-order valence-electron chi connectivity index (χ3n) is 5.81. The van der Waals surface area contributed by atoms with Crippen molar-refractivity contribution in [3.05, 3.63) is 60.2 Å². The summed E-state index contributed by atoms with van der Waals surface area (Å²) in [6.45, 7) is 3.84. The minimum atomic E-state index is -0.416. The molecule has 0 radical (unpaired) electrons. The number of nitrogens with zero attached hydrogens (tertiary/aromatic N) is 2. The number of aromatic amines is 1. The number of hydrogen-bond donors (Lipinski definition) is 1. The molecule has 2 aromatic heterocycles. The highest BCUT2D eigenvalue weighted by molar-refractivity contribution is 5.82. The zero-order valence-electron chi connectivity index (χ0n) is 15.0. The molecule has 1 unspecified atom stereocenters. The maximum Gasteiger partial charge on any atom is 0.250 e. The van der Waals surface area contributed by atoms with Gasteiger partial charge in [0, 0.05) is 55.5 Å². The van der Waals surface area contributed by atoms with Gasteiger partial charge in [-0.05, 0) is 36.2 Å². The van der Waals surface area contributed by atoms with Gasteiger partial charge in [-0.2, -0.15) is 0 Å². The number of nitrogens with one attached hydrogen (secondary N) is 1. The minimum absolute atomic E-state index is 0.0786. The molecule has 27 heavy (non-hydrogen) atoms. The van der Waals surface area contributed by atoms with Crippen molar-refractivity contribution in [1.82, 2.24) is 14.9 Å². The van der Waals surface area contributed by atoms with Crippen LogP contribution >= 0.6 is 0 Å². The van der Waals surface area contributed by atoms with Gasteiger partial charge in [0.15, 0.2) is 5.82 Å². The van der Waals surface area contributed by atoms with E-state index in [1.807, 2.05) is 6.20 Å². The SMILES string of the molecule is Fc1cccnc1OCC1CCOC12CN(Cc1cccc3[nH]ccc13)C2. The van der Waals surface area contributed by atoms with Crippen molar-refractivity contribution in [3.8, 4) is 5.88 Å². The van der Waals surface area contributed by atoms with E-state index in [1.54, 1.807) is 12.3 Å². The van der Waals surface area contributed by atoms with Crippen molar-refractivity contribution < 1.29 is 13.9 Å². The van der Waals surface area contributed by atoms with Crippen LogP contribution in [0.1, 0.15) is 12.0 Å². The molecule has 6 heteroatoms. The Kier molecular flexibility index (Phi) is 4.10. The van der Waals surface area contributed by atoms with Gasteiger partial charge in [0.1, 0.15) is 0 Å². The summed E-state index contributed by atoms with van der Waals surface area (Å²) in [6, 6.07) is 11.4. The summed E-state index contributed by atoms with van der Waals surface area (Å²) >= 11 is 0. The van der Waals surface area contributed by atoms with Crippen LogP contribution in [0.2, 0.25) is 0 Å². The topological polar surface area (TPSA) is 50.4 Å². The fourth-order valence-corrected chi connectivity index (χ4v) is 4.38. The van der Waals surface area contributed by atoms with Crippen LogP contribution in [0.5, 0.6) is 5.88 Å². The molecule has 0 amide bonds. The van der Waals surface area contributed by atoms with Crippen LogP contribution in [0, 0.1) is 11.7 Å². The molecule has 5 nitrogen and oxygen atoms in total. The van der Waals surface area contributed by atoms with Crippen molar-refractivity contribution >= 4 is 10.9 Å². The zero-order chi connectivity index (χ0) is 18.3. The number of fused-ring (bicyclic) bond motifs is 1. The van der Waals surface area contributed by atoms with Gasteiger partial charge in [-0.3, -0.25) is 4.90 Å². The highest BCUT2D eigenvalue weighted by atomic mass is 19.1. The summed E-state index contributed by atoms with van der Waals surface area (Å²) in [5, 5.41) is 1.27. The van der Waals surface area contributed by atoms with Crippen molar-refractivity contribution in [3.63, 3.8) is 0 Å². The molecule has 2 aliphatic heterocycles. The van der Waals surface area contributed by atoms with E-state index in [9.17, 15) is 4.39 Å². The normalized spacial score (nSPS) is 21.6. The monoisotopic (exact) mass is 367 g/mol. The van der Waals surface area contributed by atoms with E-state index in [4.69, 9.17) is 9.47 Å². The van der Waals surface area contributed by atoms with Crippen LogP contribution < -0.4 is 4.74 Å². The van der Waals surface area contributed by atoms with E-state index in [1.165, 1.54) is 22.5 Å². The van der Waals surface area contributed by atoms with Crippen LogP contribution in [-0.4, -0.2) is 46.8 Å². The number of hydrogen-bond acceptors (Lipinski definition) is 4. The van der Waals surface area contributed by atoms with E-state index in [0.29, 0.717) is 6.61 Å². The lowest BCUT2D eigenvalue weighted by molar-refractivity contribution is -0.140. The predicted molar refractivity (Wildman–Crippen MR) is 100 cm³/mol. The molecule has 2 aliphatic rings. The maximum atomic E-state index is 13.7. The summed E-state index contributed by atoms with van der Waals surface area (Å²) in [4.78, 5) is 9.64. The number of benzene rings is 1. The summed E-state index contributed by atoms with van der Waals surface area (Å²) in [5.74, 6) is -0.0756. The molecule has 2 saturated heterocycles. The number of pyridine rings is 1. The highest BCUT2D eigenvalue weighted by Gasteiger charge is 2.53. The van der Waals surface area contributed by atoms with Gasteiger partial charge in [-0.15, -0.1) is 0 Å². The standard InChI is InChI=1S/C21H22FN3O2/c22-18-4-2-8-24-20(18)26-12-16-7-10-27-21(16)13-25(14-21)11-15-3-1-5-19-17(15)6-9-23-19/h1-6,8-9,16,23H,7,10-14H2. The average Bonchev–Trinajstić information content (AvgIpc) is 3.28. The lowest BCUT2D eigenvalue weighted by Crippen LogP contribution is -2.64. The Labute approximate surface area is 157 Å². The van der Waals surface area contributed by atoms with Gasteiger partial charge < -0.3 is 14.5 Å². The number of rotatable bonds is 5. The van der Waals surface area contributed by atoms with Crippen molar-refractivity contribution in [2.24, 2.45) is 5.92 Å². The minimum Gasteiger partial charge on any atom is -0.475 e. The second-order valence-corrected chi connectivity index (χ2v) is 7.50. The lowest BCUT2D eigenvalue weighted by Gasteiger charge is -2.50. The van der Waals surface area contributed by atoms with Crippen molar-refractivity contribution in [1.29, 1.82) is 0 Å². The Morgan fingerprint density at radius 3 is 3.07 bits per heavy atom. The lowest BCUT2D eigenvalue weighted by atomic mass is 9.81. The van der Waals surface area contributed by atoms with Crippen LogP contribution in [-0.2, 0) is 11.3 Å². The molecule has 1 N–H and O–H groups in total. The first-order valence-electron chi connectivity index (χ1n) is 9.38. The number of ether oxygens (including phenoxy) is 2. The van der Waals surface area contributed by atoms with Gasteiger partial charge in [0.2, 0.25) is 5.88 Å². The quantitative estimate of drug-likeness (QED) is 0.751. The van der Waals surface area contributed by atoms with Crippen LogP contribution in [0.25, 0.3) is 10.9 Å². The van der Waals surface area contributed by atoms with Gasteiger partial charge in [0.05, 0.1) is 12.2 Å². The van der Waals surface area contributed by atoms with Crippen molar-refractivity contribution in [2.45, 2.75) is 18.6 Å². The molecular formula is C21H22FN3O2. The van der Waals surface area contributed by atoms with Gasteiger partial charge in [0.25, 0.3) is 0 Å². The molecule has 140 valence electrons. The summed E-state index contributed by atoms with van der Waals surface area (Å²) in [6.07, 6.45) is 4.47. The molecule has 0 bridgehead atoms. The van der Waals surface area contributed by atoms with Crippen molar-refractivity contribution in [2.75, 3.05) is 26.3 Å². The van der Waals surface area contributed by atoms with E-state index >= 15 is 0 Å². The molecule has 1 spiro atoms. The Hall–Kier alpha value is -2.44. The number of halogens is 1. The second-order valence-electron chi connectivity index (χ2n) is 7.50. The zero-order valence-corrected chi connectivity index (χ0v) is 15.0. The number of H-pyrrole nitrogens is 1. The fraction of sp³-hybridized carbons (Fsp3) is 0.381. The molecule has 5 rings (SSSR count). The third-order valence-corrected chi connectivity index (χ3v) is 5.81. The third kappa shape index (κ3) is 2.99. The first-order valence-corrected chi connectivity index (χ1v) is 9.38. The van der Waals surface area contributed by atoms with E-state index in [-0.39, 0.29) is 17.4 Å². The largest absolute Gasteiger partial charge is 0.475 e. The van der Waals surface area contributed by atoms with Gasteiger partial charge >= 0.3 is 0 Å². The molecule has 0 aliphatic carbocycles. The van der Waals surface area contributed by atoms with E-state index < -0.39 is 5.82 Å². The Morgan fingerprint density at radius 2 is 2.19 bits per heavy atom. The fourth-order valence-electron chi connectivity index (χ4n) is 4.38. The molecule has 2 fully saturated rings. The molecule has 1 aromatic carbocycles. The molecule has 3 aromatic rings. The number of likely N-dealkylation sites (tertiary alicyclic amines) is 1. The summed E-state index contributed by atoms with van der Waals surface area (Å²) < 4.78 is 25.5. The van der Waals surface area contributed by atoms with Crippen LogP contribution in [0.15, 0.2) is 48.8 Å². The maximum absolute atomic E-state index is 13.7.